The molecule has 0 radical (unpaired) electrons. The molecule has 1 atom stereocenters. The first-order chi connectivity index (χ1) is 16.2. The SMILES string of the molecule is CC(C)(Oc1cccc(C2CCCN(S(=O)(=O)c3cccc(C4CCCCC4)c3)C2)c1)C(=O)O. The molecule has 0 bridgehead atoms. The third-order valence-electron chi connectivity index (χ3n) is 7.17. The van der Waals surface area contributed by atoms with Crippen molar-refractivity contribution >= 4 is 16.0 Å². The van der Waals surface area contributed by atoms with Gasteiger partial charge in [0.15, 0.2) is 5.60 Å². The second kappa shape index (κ2) is 10.1. The summed E-state index contributed by atoms with van der Waals surface area (Å²) in [5.74, 6) is -0.0781. The number of piperidine rings is 1. The molecule has 2 aromatic rings. The largest absolute Gasteiger partial charge is 0.478 e. The van der Waals surface area contributed by atoms with Crippen molar-refractivity contribution in [1.82, 2.24) is 4.31 Å². The first kappa shape index (κ1) is 24.7. The van der Waals surface area contributed by atoms with Crippen molar-refractivity contribution < 1.29 is 23.1 Å². The van der Waals surface area contributed by atoms with Crippen molar-refractivity contribution in [3.63, 3.8) is 0 Å². The van der Waals surface area contributed by atoms with Gasteiger partial charge in [0, 0.05) is 13.1 Å². The minimum absolute atomic E-state index is 0.0292. The van der Waals surface area contributed by atoms with Gasteiger partial charge in [0.25, 0.3) is 0 Å². The van der Waals surface area contributed by atoms with Crippen molar-refractivity contribution in [2.24, 2.45) is 0 Å². The molecular weight excluding hydrogens is 450 g/mol. The molecule has 1 N–H and O–H groups in total. The van der Waals surface area contributed by atoms with Gasteiger partial charge in [0.1, 0.15) is 5.75 Å². The molecule has 1 aliphatic heterocycles. The summed E-state index contributed by atoms with van der Waals surface area (Å²) >= 11 is 0. The number of ether oxygens (including phenoxy) is 1. The van der Waals surface area contributed by atoms with Crippen molar-refractivity contribution in [1.29, 1.82) is 0 Å². The van der Waals surface area contributed by atoms with Gasteiger partial charge in [0.2, 0.25) is 10.0 Å². The van der Waals surface area contributed by atoms with Gasteiger partial charge in [-0.15, -0.1) is 0 Å². The Kier molecular flexibility index (Phi) is 7.33. The van der Waals surface area contributed by atoms with Crippen LogP contribution < -0.4 is 4.74 Å². The van der Waals surface area contributed by atoms with Crippen LogP contribution >= 0.6 is 0 Å². The van der Waals surface area contributed by atoms with Crippen molar-refractivity contribution in [3.8, 4) is 5.75 Å². The predicted molar refractivity (Wildman–Crippen MR) is 132 cm³/mol. The number of carbonyl (C=O) groups is 1. The van der Waals surface area contributed by atoms with Crippen molar-refractivity contribution in [2.75, 3.05) is 13.1 Å². The van der Waals surface area contributed by atoms with Crippen LogP contribution in [0.15, 0.2) is 53.4 Å². The molecule has 7 heteroatoms. The van der Waals surface area contributed by atoms with Crippen LogP contribution in [-0.2, 0) is 14.8 Å². The van der Waals surface area contributed by atoms with E-state index in [-0.39, 0.29) is 5.92 Å². The summed E-state index contributed by atoms with van der Waals surface area (Å²) in [7, 11) is -3.59. The summed E-state index contributed by atoms with van der Waals surface area (Å²) in [6.07, 6.45) is 7.60. The summed E-state index contributed by atoms with van der Waals surface area (Å²) in [4.78, 5) is 11.8. The third kappa shape index (κ3) is 5.47. The summed E-state index contributed by atoms with van der Waals surface area (Å²) in [6, 6.07) is 14.9. The van der Waals surface area contributed by atoms with Crippen LogP contribution in [-0.4, -0.2) is 42.5 Å². The molecule has 6 nitrogen and oxygen atoms in total. The third-order valence-corrected chi connectivity index (χ3v) is 9.04. The average Bonchev–Trinajstić information content (AvgIpc) is 2.84. The van der Waals surface area contributed by atoms with Gasteiger partial charge in [-0.05, 0) is 86.8 Å². The zero-order chi connectivity index (χ0) is 24.3. The summed E-state index contributed by atoms with van der Waals surface area (Å²) in [5.41, 5.74) is 0.763. The Bertz CT molecular complexity index is 1120. The van der Waals surface area contributed by atoms with E-state index < -0.39 is 21.6 Å². The average molecular weight is 486 g/mol. The smallest absolute Gasteiger partial charge is 0.347 e. The molecule has 2 fully saturated rings. The van der Waals surface area contributed by atoms with Gasteiger partial charge in [-0.1, -0.05) is 43.5 Å². The van der Waals surface area contributed by atoms with E-state index in [0.29, 0.717) is 29.7 Å². The van der Waals surface area contributed by atoms with Crippen LogP contribution in [0, 0.1) is 0 Å². The Hall–Kier alpha value is -2.38. The highest BCUT2D eigenvalue weighted by molar-refractivity contribution is 7.89. The molecule has 1 heterocycles. The Labute approximate surface area is 203 Å². The maximum absolute atomic E-state index is 13.6. The van der Waals surface area contributed by atoms with E-state index in [9.17, 15) is 18.3 Å². The Balaban J connectivity index is 1.52. The van der Waals surface area contributed by atoms with Crippen LogP contribution in [0.5, 0.6) is 5.75 Å². The van der Waals surface area contributed by atoms with Gasteiger partial charge >= 0.3 is 5.97 Å². The fourth-order valence-corrected chi connectivity index (χ4v) is 6.70. The molecule has 184 valence electrons. The monoisotopic (exact) mass is 485 g/mol. The molecule has 1 unspecified atom stereocenters. The van der Waals surface area contributed by atoms with Crippen LogP contribution in [0.2, 0.25) is 0 Å². The molecular formula is C27H35NO5S. The number of benzene rings is 2. The molecule has 1 saturated heterocycles. The number of hydrogen-bond acceptors (Lipinski definition) is 4. The number of rotatable bonds is 7. The van der Waals surface area contributed by atoms with E-state index in [2.05, 4.69) is 6.07 Å². The molecule has 34 heavy (non-hydrogen) atoms. The quantitative estimate of drug-likeness (QED) is 0.556. The first-order valence-corrected chi connectivity index (χ1v) is 13.7. The second-order valence-electron chi connectivity index (χ2n) is 10.1. The molecule has 2 aliphatic rings. The lowest BCUT2D eigenvalue weighted by Gasteiger charge is -2.33. The van der Waals surface area contributed by atoms with Crippen LogP contribution in [0.25, 0.3) is 0 Å². The Morgan fingerprint density at radius 2 is 1.59 bits per heavy atom. The fraction of sp³-hybridized carbons (Fsp3) is 0.519. The number of hydrogen-bond donors (Lipinski definition) is 1. The van der Waals surface area contributed by atoms with Crippen LogP contribution in [0.4, 0.5) is 0 Å². The minimum Gasteiger partial charge on any atom is -0.478 e. The number of aliphatic carboxylic acids is 1. The topological polar surface area (TPSA) is 83.9 Å². The van der Waals surface area contributed by atoms with Gasteiger partial charge < -0.3 is 9.84 Å². The molecule has 0 amide bonds. The zero-order valence-electron chi connectivity index (χ0n) is 20.1. The summed E-state index contributed by atoms with van der Waals surface area (Å²) in [6.45, 7) is 3.94. The van der Waals surface area contributed by atoms with E-state index in [4.69, 9.17) is 4.74 Å². The molecule has 1 aliphatic carbocycles. The maximum Gasteiger partial charge on any atom is 0.347 e. The van der Waals surface area contributed by atoms with E-state index in [0.717, 1.165) is 36.8 Å². The Morgan fingerprint density at radius 1 is 0.941 bits per heavy atom. The standard InChI is InChI=1S/C27H35NO5S/c1-27(2,26(29)30)33-24-14-6-11-21(17-24)23-13-8-16-28(19-23)34(31,32)25-15-7-12-22(18-25)20-9-4-3-5-10-20/h6-7,11-12,14-15,17-18,20,23H,3-5,8-10,13,16,19H2,1-2H3,(H,29,30). The highest BCUT2D eigenvalue weighted by Crippen LogP contribution is 2.35. The highest BCUT2D eigenvalue weighted by atomic mass is 32.2. The lowest BCUT2D eigenvalue weighted by molar-refractivity contribution is -0.152. The lowest BCUT2D eigenvalue weighted by atomic mass is 9.84. The molecule has 1 saturated carbocycles. The molecule has 2 aromatic carbocycles. The highest BCUT2D eigenvalue weighted by Gasteiger charge is 2.33. The molecule has 0 aromatic heterocycles. The van der Waals surface area contributed by atoms with Gasteiger partial charge in [0.05, 0.1) is 4.90 Å². The van der Waals surface area contributed by atoms with Crippen LogP contribution in [0.3, 0.4) is 0 Å². The second-order valence-corrected chi connectivity index (χ2v) is 12.0. The van der Waals surface area contributed by atoms with Crippen LogP contribution in [0.1, 0.15) is 81.8 Å². The van der Waals surface area contributed by atoms with Crippen molar-refractivity contribution in [3.05, 3.63) is 59.7 Å². The van der Waals surface area contributed by atoms with Gasteiger partial charge in [-0.25, -0.2) is 13.2 Å². The number of nitrogens with zero attached hydrogens (tertiary/aromatic N) is 1. The minimum atomic E-state index is -3.59. The fourth-order valence-electron chi connectivity index (χ4n) is 5.12. The number of carboxylic acids is 1. The normalized spacial score (nSPS) is 20.7. The van der Waals surface area contributed by atoms with Gasteiger partial charge in [-0.3, -0.25) is 0 Å². The predicted octanol–water partition coefficient (Wildman–Crippen LogP) is 5.54. The van der Waals surface area contributed by atoms with E-state index in [1.54, 1.807) is 16.4 Å². The zero-order valence-corrected chi connectivity index (χ0v) is 20.9. The lowest BCUT2D eigenvalue weighted by Crippen LogP contribution is -2.39. The number of carboxylic acid groups (broad SMARTS) is 1. The van der Waals surface area contributed by atoms with E-state index in [1.165, 1.54) is 33.1 Å². The van der Waals surface area contributed by atoms with E-state index in [1.807, 2.05) is 30.3 Å². The summed E-state index contributed by atoms with van der Waals surface area (Å²) < 4.78 is 34.4. The first-order valence-electron chi connectivity index (χ1n) is 12.3. The van der Waals surface area contributed by atoms with Gasteiger partial charge in [-0.2, -0.15) is 4.31 Å². The molecule has 4 rings (SSSR count). The maximum atomic E-state index is 13.6. The summed E-state index contributed by atoms with van der Waals surface area (Å²) in [5, 5.41) is 9.36. The van der Waals surface area contributed by atoms with E-state index >= 15 is 0 Å². The van der Waals surface area contributed by atoms with Crippen molar-refractivity contribution in [2.45, 2.75) is 81.1 Å². The number of sulfonamides is 1. The molecule has 0 spiro atoms. The Morgan fingerprint density at radius 3 is 2.29 bits per heavy atom.